The molecule has 1 aromatic rings. The fraction of sp³-hybridized carbons (Fsp3) is 0.300. The summed E-state index contributed by atoms with van der Waals surface area (Å²) in [6, 6.07) is 3.31. The zero-order valence-electron chi connectivity index (χ0n) is 8.64. The van der Waals surface area contributed by atoms with E-state index in [-0.39, 0.29) is 12.5 Å². The summed E-state index contributed by atoms with van der Waals surface area (Å²) in [4.78, 5) is 25.8. The van der Waals surface area contributed by atoms with E-state index in [4.69, 9.17) is 0 Å². The second-order valence-corrected chi connectivity index (χ2v) is 4.05. The minimum atomic E-state index is -0.543. The molecular formula is C10H11BrN2O3. The molecule has 0 saturated carbocycles. The van der Waals surface area contributed by atoms with Gasteiger partial charge in [0.2, 0.25) is 0 Å². The molecule has 0 aliphatic carbocycles. The SMILES string of the molecule is COC(=O)C(Br)CNC(=O)c1cccnc1. The van der Waals surface area contributed by atoms with E-state index >= 15 is 0 Å². The Labute approximate surface area is 101 Å². The molecule has 1 amide bonds. The number of aromatic nitrogens is 1. The number of ether oxygens (including phenoxy) is 1. The van der Waals surface area contributed by atoms with Crippen LogP contribution in [0.2, 0.25) is 0 Å². The third-order valence-electron chi connectivity index (χ3n) is 1.82. The van der Waals surface area contributed by atoms with E-state index in [2.05, 4.69) is 31.0 Å². The van der Waals surface area contributed by atoms with Crippen molar-refractivity contribution in [3.63, 3.8) is 0 Å². The Hall–Kier alpha value is -1.43. The van der Waals surface area contributed by atoms with Crippen molar-refractivity contribution in [1.29, 1.82) is 0 Å². The number of methoxy groups -OCH3 is 1. The van der Waals surface area contributed by atoms with Crippen LogP contribution in [0.25, 0.3) is 0 Å². The van der Waals surface area contributed by atoms with Gasteiger partial charge in [-0.3, -0.25) is 14.6 Å². The van der Waals surface area contributed by atoms with Gasteiger partial charge in [0.05, 0.1) is 12.7 Å². The molecule has 1 N–H and O–H groups in total. The number of pyridine rings is 1. The average Bonchev–Trinajstić information content (AvgIpc) is 2.35. The maximum absolute atomic E-state index is 11.5. The van der Waals surface area contributed by atoms with Crippen LogP contribution in [0.1, 0.15) is 10.4 Å². The predicted molar refractivity (Wildman–Crippen MR) is 61.3 cm³/mol. The molecule has 1 aromatic heterocycles. The van der Waals surface area contributed by atoms with Crippen LogP contribution < -0.4 is 5.32 Å². The van der Waals surface area contributed by atoms with Crippen LogP contribution in [0.5, 0.6) is 0 Å². The predicted octanol–water partition coefficient (Wildman–Crippen LogP) is 0.748. The molecule has 0 spiro atoms. The van der Waals surface area contributed by atoms with Gasteiger partial charge in [-0.05, 0) is 12.1 Å². The number of carbonyl (C=O) groups is 2. The Morgan fingerprint density at radius 2 is 2.38 bits per heavy atom. The summed E-state index contributed by atoms with van der Waals surface area (Å²) in [6.45, 7) is 0.167. The smallest absolute Gasteiger partial charge is 0.321 e. The molecule has 5 nitrogen and oxygen atoms in total. The Balaban J connectivity index is 2.45. The maximum atomic E-state index is 11.5. The Morgan fingerprint density at radius 1 is 1.62 bits per heavy atom. The molecule has 0 radical (unpaired) electrons. The molecule has 1 unspecified atom stereocenters. The van der Waals surface area contributed by atoms with Crippen molar-refractivity contribution in [2.45, 2.75) is 4.83 Å². The van der Waals surface area contributed by atoms with Crippen molar-refractivity contribution in [2.75, 3.05) is 13.7 Å². The summed E-state index contributed by atoms with van der Waals surface area (Å²) in [5.41, 5.74) is 0.451. The van der Waals surface area contributed by atoms with E-state index in [9.17, 15) is 9.59 Å². The number of nitrogens with zero attached hydrogens (tertiary/aromatic N) is 1. The highest BCUT2D eigenvalue weighted by molar-refractivity contribution is 9.10. The normalized spacial score (nSPS) is 11.6. The van der Waals surface area contributed by atoms with E-state index < -0.39 is 10.8 Å². The summed E-state index contributed by atoms with van der Waals surface area (Å²) in [5, 5.41) is 2.59. The fourth-order valence-corrected chi connectivity index (χ4v) is 1.34. The van der Waals surface area contributed by atoms with Crippen molar-refractivity contribution in [3.8, 4) is 0 Å². The second-order valence-electron chi connectivity index (χ2n) is 2.94. The van der Waals surface area contributed by atoms with Gasteiger partial charge >= 0.3 is 5.97 Å². The van der Waals surface area contributed by atoms with Crippen LogP contribution in [0.4, 0.5) is 0 Å². The summed E-state index contributed by atoms with van der Waals surface area (Å²) in [5.74, 6) is -0.701. The number of hydrogen-bond donors (Lipinski definition) is 1. The van der Waals surface area contributed by atoms with Crippen LogP contribution in [-0.4, -0.2) is 35.3 Å². The van der Waals surface area contributed by atoms with Gasteiger partial charge in [0.15, 0.2) is 0 Å². The van der Waals surface area contributed by atoms with Crippen LogP contribution in [0.3, 0.4) is 0 Å². The minimum absolute atomic E-state index is 0.167. The number of esters is 1. The van der Waals surface area contributed by atoms with E-state index in [1.807, 2.05) is 0 Å². The van der Waals surface area contributed by atoms with Crippen molar-refractivity contribution >= 4 is 27.8 Å². The molecule has 0 aliphatic heterocycles. The largest absolute Gasteiger partial charge is 0.468 e. The number of rotatable bonds is 4. The first kappa shape index (κ1) is 12.6. The third-order valence-corrected chi connectivity index (χ3v) is 2.52. The zero-order chi connectivity index (χ0) is 12.0. The highest BCUT2D eigenvalue weighted by atomic mass is 79.9. The van der Waals surface area contributed by atoms with Gasteiger partial charge in [0.25, 0.3) is 5.91 Å². The molecule has 0 aliphatic rings. The molecule has 0 bridgehead atoms. The minimum Gasteiger partial charge on any atom is -0.468 e. The van der Waals surface area contributed by atoms with E-state index in [1.165, 1.54) is 13.3 Å². The van der Waals surface area contributed by atoms with E-state index in [1.54, 1.807) is 18.3 Å². The lowest BCUT2D eigenvalue weighted by molar-refractivity contribution is -0.139. The molecule has 1 heterocycles. The number of nitrogens with one attached hydrogen (secondary N) is 1. The first-order valence-corrected chi connectivity index (χ1v) is 5.47. The Kier molecular flexibility index (Phi) is 4.91. The summed E-state index contributed by atoms with van der Waals surface area (Å²) < 4.78 is 4.50. The number of alkyl halides is 1. The molecule has 1 atom stereocenters. The molecule has 0 saturated heterocycles. The van der Waals surface area contributed by atoms with Gasteiger partial charge in [-0.2, -0.15) is 0 Å². The third kappa shape index (κ3) is 3.62. The average molecular weight is 287 g/mol. The molecular weight excluding hydrogens is 276 g/mol. The van der Waals surface area contributed by atoms with E-state index in [0.29, 0.717) is 5.56 Å². The number of hydrogen-bond acceptors (Lipinski definition) is 4. The summed E-state index contributed by atoms with van der Waals surface area (Å²) in [6.07, 6.45) is 3.04. The second kappa shape index (κ2) is 6.22. The Bertz CT molecular complexity index is 370. The van der Waals surface area contributed by atoms with Crippen LogP contribution >= 0.6 is 15.9 Å². The molecule has 1 rings (SSSR count). The zero-order valence-corrected chi connectivity index (χ0v) is 10.2. The first-order valence-electron chi connectivity index (χ1n) is 4.55. The lowest BCUT2D eigenvalue weighted by Gasteiger charge is -2.08. The van der Waals surface area contributed by atoms with Crippen LogP contribution in [0.15, 0.2) is 24.5 Å². The summed E-state index contributed by atoms with van der Waals surface area (Å²) in [7, 11) is 1.29. The van der Waals surface area contributed by atoms with Gasteiger partial charge < -0.3 is 10.1 Å². The van der Waals surface area contributed by atoms with Gasteiger partial charge in [0, 0.05) is 18.9 Å². The van der Waals surface area contributed by atoms with Gasteiger partial charge in [-0.25, -0.2) is 0 Å². The molecule has 16 heavy (non-hydrogen) atoms. The molecule has 0 aromatic carbocycles. The lowest BCUT2D eigenvalue weighted by atomic mass is 10.2. The quantitative estimate of drug-likeness (QED) is 0.655. The first-order chi connectivity index (χ1) is 7.65. The highest BCUT2D eigenvalue weighted by Crippen LogP contribution is 2.01. The molecule has 86 valence electrons. The van der Waals surface area contributed by atoms with Crippen molar-refractivity contribution in [1.82, 2.24) is 10.3 Å². The van der Waals surface area contributed by atoms with Crippen LogP contribution in [-0.2, 0) is 9.53 Å². The number of halogens is 1. The topological polar surface area (TPSA) is 68.3 Å². The lowest BCUT2D eigenvalue weighted by Crippen LogP contribution is -2.33. The van der Waals surface area contributed by atoms with Crippen molar-refractivity contribution in [3.05, 3.63) is 30.1 Å². The van der Waals surface area contributed by atoms with Gasteiger partial charge in [-0.1, -0.05) is 15.9 Å². The maximum Gasteiger partial charge on any atom is 0.321 e. The molecule has 6 heteroatoms. The van der Waals surface area contributed by atoms with Gasteiger partial charge in [-0.15, -0.1) is 0 Å². The summed E-state index contributed by atoms with van der Waals surface area (Å²) >= 11 is 3.10. The van der Waals surface area contributed by atoms with Crippen LogP contribution in [0, 0.1) is 0 Å². The standard InChI is InChI=1S/C10H11BrN2O3/c1-16-10(15)8(11)6-13-9(14)7-3-2-4-12-5-7/h2-5,8H,6H2,1H3,(H,13,14). The number of carbonyl (C=O) groups excluding carboxylic acids is 2. The van der Waals surface area contributed by atoms with Crippen molar-refractivity contribution < 1.29 is 14.3 Å². The van der Waals surface area contributed by atoms with Gasteiger partial charge in [0.1, 0.15) is 4.83 Å². The van der Waals surface area contributed by atoms with E-state index in [0.717, 1.165) is 0 Å². The van der Waals surface area contributed by atoms with Crippen molar-refractivity contribution in [2.24, 2.45) is 0 Å². The monoisotopic (exact) mass is 286 g/mol. The molecule has 0 fully saturated rings. The fourth-order valence-electron chi connectivity index (χ4n) is 0.993. The highest BCUT2D eigenvalue weighted by Gasteiger charge is 2.16. The Morgan fingerprint density at radius 3 is 2.94 bits per heavy atom. The number of amides is 1.